The number of nitrogens with zero attached hydrogens (tertiary/aromatic N) is 2. The molecule has 0 N–H and O–H groups in total. The molecule has 0 aliphatic carbocycles. The maximum Gasteiger partial charge on any atom is 1.00 e. The van der Waals surface area contributed by atoms with Crippen molar-refractivity contribution in [3.8, 4) is 0 Å². The van der Waals surface area contributed by atoms with E-state index in [2.05, 4.69) is 9.97 Å². The van der Waals surface area contributed by atoms with Crippen LogP contribution in [0, 0.1) is 0 Å². The number of carboxylic acid groups (broad SMARTS) is 1. The van der Waals surface area contributed by atoms with Crippen molar-refractivity contribution in [2.45, 2.75) is 12.6 Å². The smallest absolute Gasteiger partial charge is 0.550 e. The fourth-order valence-corrected chi connectivity index (χ4v) is 0.771. The van der Waals surface area contributed by atoms with Gasteiger partial charge in [0.2, 0.25) is 0 Å². The molecule has 0 aromatic carbocycles. The van der Waals surface area contributed by atoms with Crippen molar-refractivity contribution in [1.82, 2.24) is 9.97 Å². The number of hydrogen-bond acceptors (Lipinski definition) is 4. The van der Waals surface area contributed by atoms with Crippen LogP contribution >= 0.6 is 0 Å². The third-order valence-corrected chi connectivity index (χ3v) is 1.30. The Morgan fingerprint density at radius 1 is 1.47 bits per heavy atom. The van der Waals surface area contributed by atoms with Crippen LogP contribution < -0.4 is 56.5 Å². The molecule has 0 spiro atoms. The van der Waals surface area contributed by atoms with E-state index in [0.717, 1.165) is 6.20 Å². The van der Waals surface area contributed by atoms with Crippen molar-refractivity contribution in [1.29, 1.82) is 0 Å². The molecule has 0 aliphatic heterocycles. The quantitative estimate of drug-likeness (QED) is 0.514. The van der Waals surface area contributed by atoms with Gasteiger partial charge in [-0.15, -0.1) is 0 Å². The van der Waals surface area contributed by atoms with Crippen LogP contribution in [0.25, 0.3) is 0 Å². The number of aliphatic carboxylic acids is 1. The Hall–Kier alpha value is -0.0236. The van der Waals surface area contributed by atoms with Crippen molar-refractivity contribution in [2.75, 3.05) is 0 Å². The van der Waals surface area contributed by atoms with Gasteiger partial charge in [-0.25, -0.2) is 9.97 Å². The Bertz CT molecular complexity index is 356. The van der Waals surface area contributed by atoms with E-state index in [4.69, 9.17) is 0 Å². The Morgan fingerprint density at radius 3 is 2.53 bits per heavy atom. The molecule has 0 amide bonds. The summed E-state index contributed by atoms with van der Waals surface area (Å²) in [5, 5.41) is 10.1. The largest absolute Gasteiger partial charge is 1.00 e. The van der Waals surface area contributed by atoms with Gasteiger partial charge in [-0.2, -0.15) is 13.2 Å². The third-order valence-electron chi connectivity index (χ3n) is 1.30. The van der Waals surface area contributed by atoms with E-state index >= 15 is 0 Å². The van der Waals surface area contributed by atoms with Gasteiger partial charge in [0.25, 0.3) is 0 Å². The average Bonchev–Trinajstić information content (AvgIpc) is 2.01. The minimum Gasteiger partial charge on any atom is -0.550 e. The van der Waals surface area contributed by atoms with Gasteiger partial charge >= 0.3 is 57.6 Å². The molecule has 1 aromatic heterocycles. The topological polar surface area (TPSA) is 65.9 Å². The Labute approximate surface area is 125 Å². The van der Waals surface area contributed by atoms with Crippen molar-refractivity contribution < 1.29 is 74.5 Å². The van der Waals surface area contributed by atoms with Crippen LogP contribution in [-0.2, 0) is 17.4 Å². The SMILES string of the molecule is O=C([O-])Cc1nccc(C(F)(F)F)n1.[K+]. The molecule has 1 aromatic rings. The molecule has 0 bridgehead atoms. The predicted molar refractivity (Wildman–Crippen MR) is 35.7 cm³/mol. The average molecular weight is 244 g/mol. The molecule has 0 radical (unpaired) electrons. The van der Waals surface area contributed by atoms with Crippen molar-refractivity contribution in [2.24, 2.45) is 0 Å². The Kier molecular flexibility index (Phi) is 5.89. The molecule has 0 fully saturated rings. The van der Waals surface area contributed by atoms with E-state index in [1.165, 1.54) is 0 Å². The molecule has 15 heavy (non-hydrogen) atoms. The molecule has 0 saturated heterocycles. The molecule has 0 aliphatic rings. The molecular formula is C7H4F3KN2O2. The van der Waals surface area contributed by atoms with E-state index in [-0.39, 0.29) is 51.4 Å². The van der Waals surface area contributed by atoms with E-state index < -0.39 is 30.1 Å². The fraction of sp³-hybridized carbons (Fsp3) is 0.286. The summed E-state index contributed by atoms with van der Waals surface area (Å²) in [4.78, 5) is 16.4. The molecule has 0 atom stereocenters. The van der Waals surface area contributed by atoms with Crippen molar-refractivity contribution >= 4 is 5.97 Å². The summed E-state index contributed by atoms with van der Waals surface area (Å²) in [6, 6.07) is 0.665. The molecule has 4 nitrogen and oxygen atoms in total. The summed E-state index contributed by atoms with van der Waals surface area (Å²) in [6.07, 6.45) is -4.47. The molecule has 76 valence electrons. The second-order valence-electron chi connectivity index (χ2n) is 2.40. The number of carbonyl (C=O) groups excluding carboxylic acids is 1. The Morgan fingerprint density at radius 2 is 2.07 bits per heavy atom. The van der Waals surface area contributed by atoms with Gasteiger partial charge in [0.1, 0.15) is 11.5 Å². The first kappa shape index (κ1) is 15.0. The standard InChI is InChI=1S/C7H5F3N2O2.K/c8-7(9,10)4-1-2-11-5(12-4)3-6(13)14;/h1-2H,3H2,(H,13,14);/q;+1/p-1. The minimum atomic E-state index is -4.59. The van der Waals surface area contributed by atoms with Gasteiger partial charge in [0.15, 0.2) is 0 Å². The number of hydrogen-bond donors (Lipinski definition) is 0. The van der Waals surface area contributed by atoms with E-state index in [1.54, 1.807) is 0 Å². The number of aromatic nitrogens is 2. The molecular weight excluding hydrogens is 240 g/mol. The number of alkyl halides is 3. The van der Waals surface area contributed by atoms with Crippen LogP contribution in [0.15, 0.2) is 12.3 Å². The first-order valence-corrected chi connectivity index (χ1v) is 3.48. The van der Waals surface area contributed by atoms with Gasteiger partial charge in [0.05, 0.1) is 0 Å². The van der Waals surface area contributed by atoms with Crippen LogP contribution in [0.4, 0.5) is 13.2 Å². The second kappa shape index (κ2) is 5.90. The normalized spacial score (nSPS) is 10.6. The summed E-state index contributed by atoms with van der Waals surface area (Å²) >= 11 is 0. The predicted octanol–water partition coefficient (Wildman–Crippen LogP) is -3.21. The van der Waals surface area contributed by atoms with E-state index in [9.17, 15) is 23.1 Å². The minimum absolute atomic E-state index is 0. The van der Waals surface area contributed by atoms with Gasteiger partial charge < -0.3 is 9.90 Å². The van der Waals surface area contributed by atoms with Gasteiger partial charge in [-0.3, -0.25) is 0 Å². The summed E-state index contributed by atoms with van der Waals surface area (Å²) in [6.45, 7) is 0. The van der Waals surface area contributed by atoms with Gasteiger partial charge in [-0.1, -0.05) is 0 Å². The Balaban J connectivity index is 0.00000196. The maximum absolute atomic E-state index is 12.1. The maximum atomic E-state index is 12.1. The molecule has 1 heterocycles. The molecule has 0 saturated carbocycles. The van der Waals surface area contributed by atoms with Gasteiger partial charge in [0, 0.05) is 18.6 Å². The molecule has 1 rings (SSSR count). The van der Waals surface area contributed by atoms with Crippen molar-refractivity contribution in [3.63, 3.8) is 0 Å². The van der Waals surface area contributed by atoms with Crippen LogP contribution in [0.3, 0.4) is 0 Å². The van der Waals surface area contributed by atoms with Crippen molar-refractivity contribution in [3.05, 3.63) is 23.8 Å². The first-order chi connectivity index (χ1) is 6.39. The zero-order chi connectivity index (χ0) is 10.8. The summed E-state index contributed by atoms with van der Waals surface area (Å²) < 4.78 is 36.2. The number of carbonyl (C=O) groups is 1. The number of halogens is 3. The number of rotatable bonds is 2. The van der Waals surface area contributed by atoms with E-state index in [0.29, 0.717) is 6.07 Å². The third kappa shape index (κ3) is 5.02. The molecule has 8 heteroatoms. The van der Waals surface area contributed by atoms with Crippen LogP contribution in [-0.4, -0.2) is 15.9 Å². The second-order valence-corrected chi connectivity index (χ2v) is 2.40. The van der Waals surface area contributed by atoms with Gasteiger partial charge in [-0.05, 0) is 6.07 Å². The summed E-state index contributed by atoms with van der Waals surface area (Å²) in [5.74, 6) is -1.94. The first-order valence-electron chi connectivity index (χ1n) is 3.48. The summed E-state index contributed by atoms with van der Waals surface area (Å²) in [7, 11) is 0. The monoisotopic (exact) mass is 244 g/mol. The summed E-state index contributed by atoms with van der Waals surface area (Å²) in [5.41, 5.74) is -1.16. The number of carboxylic acids is 1. The van der Waals surface area contributed by atoms with Crippen LogP contribution in [0.2, 0.25) is 0 Å². The zero-order valence-electron chi connectivity index (χ0n) is 7.71. The van der Waals surface area contributed by atoms with E-state index in [1.807, 2.05) is 0 Å². The zero-order valence-corrected chi connectivity index (χ0v) is 10.8. The van der Waals surface area contributed by atoms with Crippen LogP contribution in [0.5, 0.6) is 0 Å². The van der Waals surface area contributed by atoms with Crippen LogP contribution in [0.1, 0.15) is 11.5 Å². The fourth-order valence-electron chi connectivity index (χ4n) is 0.771. The molecule has 0 unspecified atom stereocenters.